The summed E-state index contributed by atoms with van der Waals surface area (Å²) in [5.74, 6) is -0.258. The molecule has 1 N–H and O–H groups in total. The number of fused-ring (bicyclic) bond motifs is 2. The highest BCUT2D eigenvalue weighted by molar-refractivity contribution is 7.16. The summed E-state index contributed by atoms with van der Waals surface area (Å²) in [5.41, 5.74) is 4.03. The lowest BCUT2D eigenvalue weighted by atomic mass is 10.1. The van der Waals surface area contributed by atoms with Crippen molar-refractivity contribution in [2.75, 3.05) is 5.32 Å². The van der Waals surface area contributed by atoms with Crippen molar-refractivity contribution in [3.05, 3.63) is 75.9 Å². The average Bonchev–Trinajstić information content (AvgIpc) is 3.43. The monoisotopic (exact) mass is 399 g/mol. The summed E-state index contributed by atoms with van der Waals surface area (Å²) in [7, 11) is 0. The van der Waals surface area contributed by atoms with E-state index in [4.69, 9.17) is 0 Å². The van der Waals surface area contributed by atoms with Gasteiger partial charge in [-0.05, 0) is 36.5 Å². The molecule has 5 rings (SSSR count). The number of anilines is 1. The zero-order chi connectivity index (χ0) is 19.8. The van der Waals surface area contributed by atoms with Crippen molar-refractivity contribution >= 4 is 33.3 Å². The van der Waals surface area contributed by atoms with Crippen LogP contribution in [0.3, 0.4) is 0 Å². The van der Waals surface area contributed by atoms with E-state index < -0.39 is 0 Å². The van der Waals surface area contributed by atoms with Gasteiger partial charge in [-0.15, -0.1) is 11.3 Å². The Bertz CT molecular complexity index is 1270. The smallest absolute Gasteiger partial charge is 0.257 e. The third-order valence-corrected chi connectivity index (χ3v) is 6.38. The second kappa shape index (κ2) is 7.15. The maximum atomic E-state index is 12.8. The van der Waals surface area contributed by atoms with Gasteiger partial charge in [-0.3, -0.25) is 4.79 Å². The Morgan fingerprint density at radius 1 is 1.24 bits per heavy atom. The van der Waals surface area contributed by atoms with Crippen LogP contribution in [0.4, 0.5) is 5.00 Å². The van der Waals surface area contributed by atoms with Crippen molar-refractivity contribution < 1.29 is 4.79 Å². The molecule has 0 fully saturated rings. The van der Waals surface area contributed by atoms with Crippen LogP contribution in [0, 0.1) is 11.3 Å². The first kappa shape index (κ1) is 17.6. The van der Waals surface area contributed by atoms with Crippen LogP contribution in [0.15, 0.2) is 48.8 Å². The van der Waals surface area contributed by atoms with Gasteiger partial charge in [0.05, 0.1) is 23.9 Å². The zero-order valence-electron chi connectivity index (χ0n) is 15.6. The van der Waals surface area contributed by atoms with Gasteiger partial charge in [0.1, 0.15) is 11.1 Å². The molecule has 0 radical (unpaired) electrons. The minimum atomic E-state index is -0.258. The van der Waals surface area contributed by atoms with Crippen LogP contribution in [0.2, 0.25) is 0 Å². The molecule has 0 saturated carbocycles. The molecule has 3 aromatic heterocycles. The number of rotatable bonds is 4. The Kier molecular flexibility index (Phi) is 4.34. The molecular weight excluding hydrogens is 382 g/mol. The molecule has 0 spiro atoms. The summed E-state index contributed by atoms with van der Waals surface area (Å²) in [6, 6.07) is 14.1. The molecule has 4 aromatic rings. The number of carbonyl (C=O) groups excluding carboxylic acids is 1. The number of nitrogens with one attached hydrogen (secondary N) is 1. The number of hydrogen-bond donors (Lipinski definition) is 1. The van der Waals surface area contributed by atoms with E-state index in [0.29, 0.717) is 22.7 Å². The molecule has 1 aliphatic rings. The number of benzene rings is 1. The molecule has 1 amide bonds. The van der Waals surface area contributed by atoms with Crippen LogP contribution in [-0.4, -0.2) is 20.7 Å². The van der Waals surface area contributed by atoms with Gasteiger partial charge < -0.3 is 5.32 Å². The lowest BCUT2D eigenvalue weighted by Gasteiger charge is -2.05. The predicted octanol–water partition coefficient (Wildman–Crippen LogP) is 4.15. The largest absolute Gasteiger partial charge is 0.312 e. The Morgan fingerprint density at radius 3 is 2.93 bits per heavy atom. The predicted molar refractivity (Wildman–Crippen MR) is 112 cm³/mol. The molecule has 0 unspecified atom stereocenters. The second-order valence-electron chi connectivity index (χ2n) is 7.05. The molecule has 142 valence electrons. The van der Waals surface area contributed by atoms with E-state index in [-0.39, 0.29) is 5.91 Å². The molecule has 0 saturated heterocycles. The van der Waals surface area contributed by atoms with Crippen LogP contribution in [0.5, 0.6) is 0 Å². The number of carbonyl (C=O) groups is 1. The first-order chi connectivity index (χ1) is 14.2. The van der Waals surface area contributed by atoms with Crippen molar-refractivity contribution in [3.8, 4) is 6.07 Å². The molecule has 1 aromatic carbocycles. The van der Waals surface area contributed by atoms with Gasteiger partial charge >= 0.3 is 0 Å². The van der Waals surface area contributed by atoms with E-state index in [2.05, 4.69) is 21.5 Å². The van der Waals surface area contributed by atoms with E-state index in [1.54, 1.807) is 18.5 Å². The number of amides is 1. The zero-order valence-corrected chi connectivity index (χ0v) is 16.4. The summed E-state index contributed by atoms with van der Waals surface area (Å²) in [6.45, 7) is 0.620. The minimum Gasteiger partial charge on any atom is -0.312 e. The second-order valence-corrected chi connectivity index (χ2v) is 8.16. The summed E-state index contributed by atoms with van der Waals surface area (Å²) in [5, 5.41) is 18.3. The van der Waals surface area contributed by atoms with Crippen molar-refractivity contribution in [1.29, 1.82) is 5.26 Å². The summed E-state index contributed by atoms with van der Waals surface area (Å²) < 4.78 is 1.82. The SMILES string of the molecule is N#Cc1c(NC(=O)c2cnc3c(cnn3Cc3ccccc3)c2)sc2c1CCC2. The molecule has 0 atom stereocenters. The molecule has 0 aliphatic heterocycles. The standard InChI is InChI=1S/C22H17N5OS/c23-10-18-17-7-4-8-19(17)29-22(18)26-21(28)16-9-15-12-25-27(20(15)24-11-16)13-14-5-2-1-3-6-14/h1-3,5-6,9,11-12H,4,7-8,13H2,(H,26,28). The number of nitrogens with zero attached hydrogens (tertiary/aromatic N) is 4. The molecule has 6 nitrogen and oxygen atoms in total. The normalized spacial score (nSPS) is 12.7. The summed E-state index contributed by atoms with van der Waals surface area (Å²) in [6.07, 6.45) is 6.27. The summed E-state index contributed by atoms with van der Waals surface area (Å²) in [4.78, 5) is 18.5. The molecule has 0 bridgehead atoms. The lowest BCUT2D eigenvalue weighted by Crippen LogP contribution is -2.12. The van der Waals surface area contributed by atoms with Gasteiger partial charge in [0.15, 0.2) is 5.65 Å². The highest BCUT2D eigenvalue weighted by Gasteiger charge is 2.23. The van der Waals surface area contributed by atoms with Crippen LogP contribution >= 0.6 is 11.3 Å². The highest BCUT2D eigenvalue weighted by atomic mass is 32.1. The number of hydrogen-bond acceptors (Lipinski definition) is 5. The molecule has 3 heterocycles. The van der Waals surface area contributed by atoms with Gasteiger partial charge in [0, 0.05) is 16.5 Å². The maximum absolute atomic E-state index is 12.8. The van der Waals surface area contributed by atoms with Crippen LogP contribution in [0.25, 0.3) is 11.0 Å². The van der Waals surface area contributed by atoms with E-state index in [1.807, 2.05) is 35.0 Å². The van der Waals surface area contributed by atoms with Crippen molar-refractivity contribution in [2.45, 2.75) is 25.8 Å². The molecule has 29 heavy (non-hydrogen) atoms. The van der Waals surface area contributed by atoms with Crippen LogP contribution < -0.4 is 5.32 Å². The third kappa shape index (κ3) is 3.18. The first-order valence-corrected chi connectivity index (χ1v) is 10.3. The first-order valence-electron chi connectivity index (χ1n) is 9.44. The number of pyridine rings is 1. The van der Waals surface area contributed by atoms with Gasteiger partial charge in [0.2, 0.25) is 0 Å². The summed E-state index contributed by atoms with van der Waals surface area (Å²) >= 11 is 1.51. The Labute approximate surface area is 171 Å². The fourth-order valence-corrected chi connectivity index (χ4v) is 4.99. The number of aryl methyl sites for hydroxylation is 1. The fraction of sp³-hybridized carbons (Fsp3) is 0.182. The van der Waals surface area contributed by atoms with Gasteiger partial charge in [-0.2, -0.15) is 10.4 Å². The van der Waals surface area contributed by atoms with Gasteiger partial charge in [-0.1, -0.05) is 30.3 Å². The van der Waals surface area contributed by atoms with Crippen molar-refractivity contribution in [3.63, 3.8) is 0 Å². The molecule has 7 heteroatoms. The quantitative estimate of drug-likeness (QED) is 0.559. The van der Waals surface area contributed by atoms with Crippen molar-refractivity contribution in [1.82, 2.24) is 14.8 Å². The van der Waals surface area contributed by atoms with Crippen LogP contribution in [0.1, 0.15) is 38.3 Å². The lowest BCUT2D eigenvalue weighted by molar-refractivity contribution is 0.102. The van der Waals surface area contributed by atoms with Gasteiger partial charge in [0.25, 0.3) is 5.91 Å². The Morgan fingerprint density at radius 2 is 2.10 bits per heavy atom. The minimum absolute atomic E-state index is 0.258. The number of aromatic nitrogens is 3. The fourth-order valence-electron chi connectivity index (χ4n) is 3.75. The van der Waals surface area contributed by atoms with Crippen molar-refractivity contribution in [2.24, 2.45) is 0 Å². The molecular formula is C22H17N5OS. The van der Waals surface area contributed by atoms with Gasteiger partial charge in [-0.25, -0.2) is 9.67 Å². The van der Waals surface area contributed by atoms with E-state index in [1.165, 1.54) is 16.2 Å². The topological polar surface area (TPSA) is 83.6 Å². The number of nitriles is 1. The highest BCUT2D eigenvalue weighted by Crippen LogP contribution is 2.38. The average molecular weight is 399 g/mol. The van der Waals surface area contributed by atoms with E-state index in [9.17, 15) is 10.1 Å². The molecule has 1 aliphatic carbocycles. The maximum Gasteiger partial charge on any atom is 0.257 e. The number of thiophene rings is 1. The van der Waals surface area contributed by atoms with E-state index >= 15 is 0 Å². The van der Waals surface area contributed by atoms with E-state index in [0.717, 1.165) is 41.4 Å². The Hall–Kier alpha value is -3.50. The third-order valence-electron chi connectivity index (χ3n) is 5.17. The van der Waals surface area contributed by atoms with Crippen LogP contribution in [-0.2, 0) is 19.4 Å². The Balaban J connectivity index is 1.40.